The number of aromatic nitrogens is 2. The lowest BCUT2D eigenvalue weighted by Crippen LogP contribution is -2.44. The number of halogens is 1. The second-order valence-corrected chi connectivity index (χ2v) is 6.10. The Labute approximate surface area is 164 Å². The van der Waals surface area contributed by atoms with E-state index in [2.05, 4.69) is 15.6 Å². The lowest BCUT2D eigenvalue weighted by molar-refractivity contribution is 0.0764. The molecule has 0 spiro atoms. The van der Waals surface area contributed by atoms with E-state index in [4.69, 9.17) is 4.84 Å². The van der Waals surface area contributed by atoms with Gasteiger partial charge in [-0.15, -0.1) is 0 Å². The van der Waals surface area contributed by atoms with Crippen LogP contribution in [0.3, 0.4) is 0 Å². The third-order valence-electron chi connectivity index (χ3n) is 4.09. The number of anilines is 1. The fourth-order valence-corrected chi connectivity index (χ4v) is 2.67. The number of amides is 1. The van der Waals surface area contributed by atoms with Crippen LogP contribution in [0.25, 0.3) is 0 Å². The topological polar surface area (TPSA) is 105 Å². The molecule has 3 aromatic rings. The van der Waals surface area contributed by atoms with E-state index < -0.39 is 23.0 Å². The molecule has 1 aromatic heterocycles. The van der Waals surface area contributed by atoms with Gasteiger partial charge in [-0.2, -0.15) is 0 Å². The maximum Gasteiger partial charge on any atom is 0.363 e. The fraction of sp³-hybridized carbons (Fsp3) is 0.150. The molecule has 0 aliphatic heterocycles. The fourth-order valence-electron chi connectivity index (χ4n) is 2.67. The van der Waals surface area contributed by atoms with Gasteiger partial charge in [0.05, 0.1) is 0 Å². The second kappa shape index (κ2) is 8.87. The zero-order chi connectivity index (χ0) is 20.8. The molecule has 0 radical (unpaired) electrons. The van der Waals surface area contributed by atoms with Crippen LogP contribution in [0.4, 0.5) is 10.2 Å². The number of H-pyrrole nitrogens is 1. The molecule has 3 rings (SSSR count). The van der Waals surface area contributed by atoms with Crippen molar-refractivity contribution < 1.29 is 14.0 Å². The third kappa shape index (κ3) is 4.70. The smallest absolute Gasteiger partial charge is 0.363 e. The van der Waals surface area contributed by atoms with Crippen LogP contribution in [0.15, 0.2) is 64.2 Å². The molecule has 0 atom stereocenters. The van der Waals surface area contributed by atoms with Crippen molar-refractivity contribution in [1.29, 1.82) is 0 Å². The SMILES string of the molecule is CNc1[nH]c(=O)n(OCc2ccccc2)c(=O)c1C(=O)NCc1cccc(F)c1. The molecule has 0 aliphatic carbocycles. The Kier molecular flexibility index (Phi) is 6.08. The monoisotopic (exact) mass is 398 g/mol. The van der Waals surface area contributed by atoms with Crippen molar-refractivity contribution in [3.63, 3.8) is 0 Å². The van der Waals surface area contributed by atoms with Gasteiger partial charge in [-0.1, -0.05) is 47.2 Å². The van der Waals surface area contributed by atoms with Crippen LogP contribution < -0.4 is 26.7 Å². The van der Waals surface area contributed by atoms with Crippen molar-refractivity contribution >= 4 is 11.7 Å². The van der Waals surface area contributed by atoms with E-state index in [-0.39, 0.29) is 24.5 Å². The summed E-state index contributed by atoms with van der Waals surface area (Å²) >= 11 is 0. The summed E-state index contributed by atoms with van der Waals surface area (Å²) in [4.78, 5) is 45.3. The Morgan fingerprint density at radius 3 is 2.52 bits per heavy atom. The molecule has 0 aliphatic rings. The van der Waals surface area contributed by atoms with E-state index in [0.717, 1.165) is 5.56 Å². The summed E-state index contributed by atoms with van der Waals surface area (Å²) in [7, 11) is 1.46. The standard InChI is InChI=1S/C20H19FN4O4/c1-22-17-16(18(26)23-11-14-8-5-9-15(21)10-14)19(27)25(20(28)24-17)29-12-13-6-3-2-4-7-13/h2-10,22H,11-12H2,1H3,(H,23,26)(H,24,28). The zero-order valence-electron chi connectivity index (χ0n) is 15.6. The molecule has 150 valence electrons. The minimum Gasteiger partial charge on any atom is -0.401 e. The van der Waals surface area contributed by atoms with E-state index in [1.54, 1.807) is 30.3 Å². The first-order chi connectivity index (χ1) is 14.0. The van der Waals surface area contributed by atoms with Crippen LogP contribution in [-0.2, 0) is 13.2 Å². The molecule has 1 amide bonds. The molecule has 3 N–H and O–H groups in total. The molecule has 2 aromatic carbocycles. The van der Waals surface area contributed by atoms with Gasteiger partial charge in [-0.25, -0.2) is 9.18 Å². The van der Waals surface area contributed by atoms with Gasteiger partial charge >= 0.3 is 11.2 Å². The minimum absolute atomic E-state index is 0.00316. The van der Waals surface area contributed by atoms with Crippen LogP contribution >= 0.6 is 0 Å². The van der Waals surface area contributed by atoms with Crippen LogP contribution in [-0.4, -0.2) is 22.7 Å². The van der Waals surface area contributed by atoms with Crippen molar-refractivity contribution in [2.45, 2.75) is 13.2 Å². The second-order valence-electron chi connectivity index (χ2n) is 6.10. The van der Waals surface area contributed by atoms with E-state index in [1.807, 2.05) is 6.07 Å². The summed E-state index contributed by atoms with van der Waals surface area (Å²) in [5, 5.41) is 5.16. The van der Waals surface area contributed by atoms with Gasteiger partial charge < -0.3 is 15.5 Å². The van der Waals surface area contributed by atoms with E-state index >= 15 is 0 Å². The van der Waals surface area contributed by atoms with E-state index in [0.29, 0.717) is 10.3 Å². The highest BCUT2D eigenvalue weighted by atomic mass is 19.1. The molecular weight excluding hydrogens is 379 g/mol. The predicted octanol–water partition coefficient (Wildman–Crippen LogP) is 1.28. The van der Waals surface area contributed by atoms with Crippen molar-refractivity contribution in [2.75, 3.05) is 12.4 Å². The first kappa shape index (κ1) is 19.9. The Morgan fingerprint density at radius 2 is 1.83 bits per heavy atom. The van der Waals surface area contributed by atoms with E-state index in [9.17, 15) is 18.8 Å². The van der Waals surface area contributed by atoms with Gasteiger partial charge in [-0.3, -0.25) is 14.6 Å². The van der Waals surface area contributed by atoms with Gasteiger partial charge in [0.25, 0.3) is 5.91 Å². The Morgan fingerprint density at radius 1 is 1.10 bits per heavy atom. The number of rotatable bonds is 7. The van der Waals surface area contributed by atoms with Crippen molar-refractivity contribution in [2.24, 2.45) is 0 Å². The molecule has 1 heterocycles. The largest absolute Gasteiger partial charge is 0.401 e. The summed E-state index contributed by atoms with van der Waals surface area (Å²) in [5.74, 6) is -1.22. The average Bonchev–Trinajstić information content (AvgIpc) is 2.72. The van der Waals surface area contributed by atoms with Crippen LogP contribution in [0.5, 0.6) is 0 Å². The highest BCUT2D eigenvalue weighted by Crippen LogP contribution is 2.07. The lowest BCUT2D eigenvalue weighted by atomic mass is 10.2. The van der Waals surface area contributed by atoms with Crippen LogP contribution in [0.2, 0.25) is 0 Å². The molecular formula is C20H19FN4O4. The predicted molar refractivity (Wildman–Crippen MR) is 105 cm³/mol. The van der Waals surface area contributed by atoms with Gasteiger partial charge in [0, 0.05) is 13.6 Å². The Hall–Kier alpha value is -3.88. The molecule has 0 saturated carbocycles. The molecule has 0 unspecified atom stereocenters. The molecule has 29 heavy (non-hydrogen) atoms. The number of nitrogens with zero attached hydrogens (tertiary/aromatic N) is 1. The molecule has 0 fully saturated rings. The number of aromatic amines is 1. The third-order valence-corrected chi connectivity index (χ3v) is 4.09. The van der Waals surface area contributed by atoms with Crippen LogP contribution in [0.1, 0.15) is 21.5 Å². The summed E-state index contributed by atoms with van der Waals surface area (Å²) < 4.78 is 13.8. The van der Waals surface area contributed by atoms with Crippen molar-refractivity contribution in [1.82, 2.24) is 15.0 Å². The van der Waals surface area contributed by atoms with E-state index in [1.165, 1.54) is 25.2 Å². The Balaban J connectivity index is 1.85. The number of carbonyl (C=O) groups excluding carboxylic acids is 1. The molecule has 0 saturated heterocycles. The lowest BCUT2D eigenvalue weighted by Gasteiger charge is -2.13. The first-order valence-corrected chi connectivity index (χ1v) is 8.76. The Bertz CT molecular complexity index is 1130. The highest BCUT2D eigenvalue weighted by Gasteiger charge is 2.21. The molecule has 8 nitrogen and oxygen atoms in total. The maximum absolute atomic E-state index is 13.3. The van der Waals surface area contributed by atoms with Crippen LogP contribution in [0, 0.1) is 5.82 Å². The summed E-state index contributed by atoms with van der Waals surface area (Å²) in [6.07, 6.45) is 0. The van der Waals surface area contributed by atoms with Gasteiger partial charge in [-0.05, 0) is 23.3 Å². The minimum atomic E-state index is -0.911. The quantitative estimate of drug-likeness (QED) is 0.556. The average molecular weight is 398 g/mol. The van der Waals surface area contributed by atoms with Gasteiger partial charge in [0.15, 0.2) is 0 Å². The molecule has 9 heteroatoms. The number of hydrogen-bond acceptors (Lipinski definition) is 5. The van der Waals surface area contributed by atoms with Crippen molar-refractivity contribution in [3.8, 4) is 0 Å². The number of hydrogen-bond donors (Lipinski definition) is 3. The normalized spacial score (nSPS) is 10.4. The van der Waals surface area contributed by atoms with Gasteiger partial charge in [0.2, 0.25) is 0 Å². The summed E-state index contributed by atoms with van der Waals surface area (Å²) in [6.45, 7) is -0.0315. The summed E-state index contributed by atoms with van der Waals surface area (Å²) in [6, 6.07) is 14.7. The summed E-state index contributed by atoms with van der Waals surface area (Å²) in [5.41, 5.74) is -0.790. The number of carbonyl (C=O) groups is 1. The number of nitrogens with one attached hydrogen (secondary N) is 3. The zero-order valence-corrected chi connectivity index (χ0v) is 15.6. The highest BCUT2D eigenvalue weighted by molar-refractivity contribution is 5.98. The van der Waals surface area contributed by atoms with Gasteiger partial charge in [0.1, 0.15) is 23.8 Å². The number of benzene rings is 2. The van der Waals surface area contributed by atoms with Crippen molar-refractivity contribution in [3.05, 3.63) is 97.9 Å². The first-order valence-electron chi connectivity index (χ1n) is 8.76. The molecule has 0 bridgehead atoms. The maximum atomic E-state index is 13.3.